The van der Waals surface area contributed by atoms with Crippen molar-refractivity contribution >= 4 is 48.6 Å². The molecule has 224 valence electrons. The lowest BCUT2D eigenvalue weighted by molar-refractivity contribution is 0.662. The van der Waals surface area contributed by atoms with E-state index >= 15 is 0 Å². The minimum absolute atomic E-state index is 0.122. The number of hydrogen-bond donors (Lipinski definition) is 0. The van der Waals surface area contributed by atoms with Gasteiger partial charge in [0.1, 0.15) is 0 Å². The zero-order valence-electron chi connectivity index (χ0n) is 26.4. The molecule has 0 amide bonds. The maximum absolute atomic E-state index is 2.48. The van der Waals surface area contributed by atoms with E-state index in [2.05, 4.69) is 183 Å². The third-order valence-corrected chi connectivity index (χ3v) is 11.0. The number of anilines is 3. The van der Waals surface area contributed by atoms with Gasteiger partial charge >= 0.3 is 0 Å². The molecule has 2 heteroatoms. The number of nitrogens with zero attached hydrogens (tertiary/aromatic N) is 1. The second-order valence-corrected chi connectivity index (χ2v) is 14.0. The van der Waals surface area contributed by atoms with Gasteiger partial charge in [0.15, 0.2) is 0 Å². The fourth-order valence-corrected chi connectivity index (χ4v) is 8.86. The van der Waals surface area contributed by atoms with Crippen LogP contribution in [0.3, 0.4) is 0 Å². The van der Waals surface area contributed by atoms with Crippen LogP contribution in [-0.4, -0.2) is 0 Å². The van der Waals surface area contributed by atoms with Gasteiger partial charge in [-0.05, 0) is 80.9 Å². The first kappa shape index (κ1) is 27.8. The third kappa shape index (κ3) is 4.44. The summed E-state index contributed by atoms with van der Waals surface area (Å²) >= 11 is 1.88. The summed E-state index contributed by atoms with van der Waals surface area (Å²) in [5.41, 5.74) is 13.8. The molecule has 1 aliphatic rings. The molecule has 0 saturated heterocycles. The summed E-state index contributed by atoms with van der Waals surface area (Å²) in [5, 5.41) is 2.60. The van der Waals surface area contributed by atoms with Crippen LogP contribution in [0.25, 0.3) is 53.6 Å². The molecule has 1 aromatic heterocycles. The zero-order valence-corrected chi connectivity index (χ0v) is 27.3. The Morgan fingerprint density at radius 1 is 0.468 bits per heavy atom. The highest BCUT2D eigenvalue weighted by Crippen LogP contribution is 2.55. The van der Waals surface area contributed by atoms with Gasteiger partial charge < -0.3 is 4.90 Å². The van der Waals surface area contributed by atoms with Crippen LogP contribution in [0.1, 0.15) is 25.0 Å². The van der Waals surface area contributed by atoms with E-state index in [0.29, 0.717) is 0 Å². The molecule has 7 aromatic carbocycles. The topological polar surface area (TPSA) is 3.24 Å². The first-order valence-electron chi connectivity index (χ1n) is 16.3. The van der Waals surface area contributed by atoms with E-state index in [-0.39, 0.29) is 5.41 Å². The lowest BCUT2D eigenvalue weighted by Gasteiger charge is -2.30. The van der Waals surface area contributed by atoms with Crippen LogP contribution in [-0.2, 0) is 5.41 Å². The normalized spacial score (nSPS) is 13.1. The van der Waals surface area contributed by atoms with Crippen LogP contribution in [0.4, 0.5) is 17.1 Å². The van der Waals surface area contributed by atoms with Crippen molar-refractivity contribution in [3.8, 4) is 33.4 Å². The molecule has 1 aliphatic carbocycles. The van der Waals surface area contributed by atoms with Crippen molar-refractivity contribution in [1.29, 1.82) is 0 Å². The number of fused-ring (bicyclic) bond motifs is 6. The monoisotopic (exact) mass is 619 g/mol. The van der Waals surface area contributed by atoms with Crippen LogP contribution in [0.15, 0.2) is 164 Å². The molecule has 0 fully saturated rings. The predicted octanol–water partition coefficient (Wildman–Crippen LogP) is 13.2. The smallest absolute Gasteiger partial charge is 0.0640 e. The molecule has 8 aromatic rings. The van der Waals surface area contributed by atoms with E-state index in [9.17, 15) is 0 Å². The number of rotatable bonds is 5. The van der Waals surface area contributed by atoms with E-state index in [1.165, 1.54) is 70.4 Å². The van der Waals surface area contributed by atoms with Gasteiger partial charge in [0.05, 0.1) is 10.4 Å². The summed E-state index contributed by atoms with van der Waals surface area (Å²) in [7, 11) is 0. The molecule has 0 radical (unpaired) electrons. The Balaban J connectivity index is 1.34. The van der Waals surface area contributed by atoms with Gasteiger partial charge in [-0.15, -0.1) is 11.3 Å². The first-order valence-corrected chi connectivity index (χ1v) is 17.1. The van der Waals surface area contributed by atoms with Crippen LogP contribution in [0.2, 0.25) is 0 Å². The lowest BCUT2D eigenvalue weighted by atomic mass is 9.78. The molecule has 0 aliphatic heterocycles. The second kappa shape index (κ2) is 10.8. The summed E-state index contributed by atoms with van der Waals surface area (Å²) in [6.07, 6.45) is 0. The van der Waals surface area contributed by atoms with Crippen LogP contribution >= 0.6 is 11.3 Å². The Morgan fingerprint density at radius 3 is 1.87 bits per heavy atom. The highest BCUT2D eigenvalue weighted by atomic mass is 32.1. The van der Waals surface area contributed by atoms with Gasteiger partial charge in [0.2, 0.25) is 0 Å². The molecule has 1 nitrogen and oxygen atoms in total. The van der Waals surface area contributed by atoms with Crippen molar-refractivity contribution in [3.05, 3.63) is 175 Å². The molecule has 0 atom stereocenters. The van der Waals surface area contributed by atoms with Gasteiger partial charge in [-0.1, -0.05) is 141 Å². The summed E-state index contributed by atoms with van der Waals surface area (Å²) in [4.78, 5) is 2.48. The maximum Gasteiger partial charge on any atom is 0.0640 e. The van der Waals surface area contributed by atoms with Crippen LogP contribution < -0.4 is 4.90 Å². The highest BCUT2D eigenvalue weighted by Gasteiger charge is 2.38. The maximum atomic E-state index is 2.48. The van der Waals surface area contributed by atoms with Crippen LogP contribution in [0.5, 0.6) is 0 Å². The van der Waals surface area contributed by atoms with Crippen molar-refractivity contribution in [2.45, 2.75) is 19.3 Å². The minimum atomic E-state index is -0.122. The molecule has 0 N–H and O–H groups in total. The average Bonchev–Trinajstić information content (AvgIpc) is 3.62. The van der Waals surface area contributed by atoms with Gasteiger partial charge in [-0.2, -0.15) is 0 Å². The Kier molecular flexibility index (Phi) is 6.41. The quantitative estimate of drug-likeness (QED) is 0.185. The van der Waals surface area contributed by atoms with Crippen molar-refractivity contribution in [2.75, 3.05) is 4.90 Å². The van der Waals surface area contributed by atoms with E-state index < -0.39 is 0 Å². The van der Waals surface area contributed by atoms with Crippen molar-refractivity contribution in [2.24, 2.45) is 0 Å². The number of thiophene rings is 1. The molecular formula is C45H33NS. The van der Waals surface area contributed by atoms with Crippen molar-refractivity contribution in [1.82, 2.24) is 0 Å². The standard InChI is InChI=1S/C45H33NS/c1-45(2)40-21-11-9-18-35(40)39-29-34(28-38(43(39)45)32-16-7-4-8-17-32)46(33-26-24-31(25-27-33)30-14-5-3-6-15-30)41-22-13-20-37-36-19-10-12-23-42(36)47-44(37)41/h3-29H,1-2H3. The van der Waals surface area contributed by atoms with E-state index in [4.69, 9.17) is 0 Å². The molecule has 1 heterocycles. The van der Waals surface area contributed by atoms with Crippen LogP contribution in [0, 0.1) is 0 Å². The summed E-state index contributed by atoms with van der Waals surface area (Å²) in [6.45, 7) is 4.75. The molecular weight excluding hydrogens is 587 g/mol. The predicted molar refractivity (Wildman–Crippen MR) is 202 cm³/mol. The van der Waals surface area contributed by atoms with Gasteiger partial charge in [0, 0.05) is 32.3 Å². The molecule has 0 spiro atoms. The highest BCUT2D eigenvalue weighted by molar-refractivity contribution is 7.26. The Hall–Kier alpha value is -5.44. The van der Waals surface area contributed by atoms with Crippen molar-refractivity contribution < 1.29 is 0 Å². The third-order valence-electron chi connectivity index (χ3n) is 9.84. The minimum Gasteiger partial charge on any atom is -0.309 e. The molecule has 0 unspecified atom stereocenters. The van der Waals surface area contributed by atoms with E-state index in [1.54, 1.807) is 0 Å². The fourth-order valence-electron chi connectivity index (χ4n) is 7.65. The fraction of sp³-hybridized carbons (Fsp3) is 0.0667. The van der Waals surface area contributed by atoms with Gasteiger partial charge in [-0.3, -0.25) is 0 Å². The number of benzene rings is 7. The Labute approximate surface area is 280 Å². The molecule has 0 bridgehead atoms. The average molecular weight is 620 g/mol. The molecule has 9 rings (SSSR count). The first-order chi connectivity index (χ1) is 23.1. The van der Waals surface area contributed by atoms with E-state index in [0.717, 1.165) is 11.4 Å². The van der Waals surface area contributed by atoms with Crippen molar-refractivity contribution in [3.63, 3.8) is 0 Å². The SMILES string of the molecule is CC1(C)c2ccccc2-c2cc(N(c3ccc(-c4ccccc4)cc3)c3cccc4c3sc3ccccc34)cc(-c3ccccc3)c21. The second-order valence-electron chi connectivity index (χ2n) is 13.0. The van der Waals surface area contributed by atoms with E-state index in [1.807, 2.05) is 11.3 Å². The molecule has 47 heavy (non-hydrogen) atoms. The van der Waals surface area contributed by atoms with Gasteiger partial charge in [0.25, 0.3) is 0 Å². The Bertz CT molecular complexity index is 2420. The summed E-state index contributed by atoms with van der Waals surface area (Å²) in [5.74, 6) is 0. The summed E-state index contributed by atoms with van der Waals surface area (Å²) in [6, 6.07) is 60.0. The molecule has 0 saturated carbocycles. The summed E-state index contributed by atoms with van der Waals surface area (Å²) < 4.78 is 2.60. The Morgan fingerprint density at radius 2 is 1.09 bits per heavy atom. The lowest BCUT2D eigenvalue weighted by Crippen LogP contribution is -2.17. The zero-order chi connectivity index (χ0) is 31.5. The van der Waals surface area contributed by atoms with Gasteiger partial charge in [-0.25, -0.2) is 0 Å². The number of hydrogen-bond acceptors (Lipinski definition) is 2. The largest absolute Gasteiger partial charge is 0.309 e.